The molecule has 10 rings (SSSR count). The van der Waals surface area contributed by atoms with E-state index in [1.165, 1.54) is 60.4 Å². The molecule has 1 aliphatic heterocycles. The van der Waals surface area contributed by atoms with E-state index >= 15 is 0 Å². The standard InChI is InChI=1S/C44H32N4/c1-3-13-29(14-4-1)37-27-31(28-38(46-37)30-15-5-2-6-16-30)47-39-21-11-8-17-32(39)33-23-24-42-43(44(33)47)35-19-9-12-22-40(35)48(42)41-25-26-45-36-20-10-7-18-34(36)41/h1,3-5,7-26,28,37H,2,6,27H2. The fourth-order valence-corrected chi connectivity index (χ4v) is 7.99. The Kier molecular flexibility index (Phi) is 6.10. The van der Waals surface area contributed by atoms with Crippen molar-refractivity contribution in [3.05, 3.63) is 163 Å². The third-order valence-electron chi connectivity index (χ3n) is 10.1. The van der Waals surface area contributed by atoms with Crippen LogP contribution in [0.5, 0.6) is 0 Å². The molecule has 8 aromatic rings. The highest BCUT2D eigenvalue weighted by Crippen LogP contribution is 2.44. The van der Waals surface area contributed by atoms with Crippen LogP contribution in [0.4, 0.5) is 0 Å². The molecular weight excluding hydrogens is 585 g/mol. The molecule has 1 atom stereocenters. The van der Waals surface area contributed by atoms with Crippen molar-refractivity contribution < 1.29 is 0 Å². The Morgan fingerprint density at radius 3 is 2.19 bits per heavy atom. The van der Waals surface area contributed by atoms with Crippen LogP contribution >= 0.6 is 0 Å². The molecule has 0 fully saturated rings. The van der Waals surface area contributed by atoms with Crippen molar-refractivity contribution in [2.24, 2.45) is 4.99 Å². The van der Waals surface area contributed by atoms with Gasteiger partial charge in [0.1, 0.15) is 0 Å². The largest absolute Gasteiger partial charge is 0.312 e. The first-order chi connectivity index (χ1) is 23.8. The van der Waals surface area contributed by atoms with Crippen molar-refractivity contribution in [2.45, 2.75) is 25.3 Å². The zero-order valence-corrected chi connectivity index (χ0v) is 26.4. The molecule has 1 aliphatic carbocycles. The van der Waals surface area contributed by atoms with Crippen LogP contribution in [0.3, 0.4) is 0 Å². The van der Waals surface area contributed by atoms with Crippen LogP contribution in [0, 0.1) is 0 Å². The minimum atomic E-state index is 0.0253. The number of para-hydroxylation sites is 3. The Labute approximate surface area is 278 Å². The molecule has 5 aromatic carbocycles. The Bertz CT molecular complexity index is 2690. The summed E-state index contributed by atoms with van der Waals surface area (Å²) in [5, 5.41) is 6.17. The summed E-state index contributed by atoms with van der Waals surface area (Å²) in [5.74, 6) is 0. The molecule has 48 heavy (non-hydrogen) atoms. The highest BCUT2D eigenvalue weighted by atomic mass is 15.0. The van der Waals surface area contributed by atoms with Gasteiger partial charge in [0.25, 0.3) is 0 Å². The number of allylic oxidation sites excluding steroid dienone is 5. The maximum atomic E-state index is 5.38. The van der Waals surface area contributed by atoms with E-state index in [9.17, 15) is 0 Å². The van der Waals surface area contributed by atoms with Gasteiger partial charge in [0.2, 0.25) is 0 Å². The smallest absolute Gasteiger partial charge is 0.0811 e. The van der Waals surface area contributed by atoms with Crippen LogP contribution in [-0.4, -0.2) is 19.8 Å². The molecule has 0 N–H and O–H groups in total. The van der Waals surface area contributed by atoms with Crippen LogP contribution < -0.4 is 0 Å². The number of rotatable bonds is 4. The number of dihydropyridines is 1. The fraction of sp³-hybridized carbons (Fsp3) is 0.0909. The van der Waals surface area contributed by atoms with E-state index in [0.29, 0.717) is 0 Å². The SMILES string of the molecule is C1=CC(C2=NC(c3ccccc3)CC(n3c4ccccc4c4ccc5c(c6ccccc6n5-c5ccnc6ccccc56)c43)=C2)=CCC1. The van der Waals surface area contributed by atoms with Crippen LogP contribution in [0.25, 0.3) is 65.9 Å². The van der Waals surface area contributed by atoms with Crippen molar-refractivity contribution in [1.29, 1.82) is 0 Å². The average Bonchev–Trinajstić information content (AvgIpc) is 3.68. The van der Waals surface area contributed by atoms with E-state index in [-0.39, 0.29) is 6.04 Å². The summed E-state index contributed by atoms with van der Waals surface area (Å²) < 4.78 is 4.98. The number of aliphatic imine (C=N–C) groups is 1. The van der Waals surface area contributed by atoms with Crippen molar-refractivity contribution in [2.75, 3.05) is 0 Å². The Morgan fingerprint density at radius 2 is 1.35 bits per heavy atom. The summed E-state index contributed by atoms with van der Waals surface area (Å²) in [6.45, 7) is 0. The van der Waals surface area contributed by atoms with Gasteiger partial charge in [-0.1, -0.05) is 109 Å². The maximum absolute atomic E-state index is 5.38. The quantitative estimate of drug-likeness (QED) is 0.194. The van der Waals surface area contributed by atoms with Gasteiger partial charge in [-0.05, 0) is 60.4 Å². The molecule has 0 saturated heterocycles. The van der Waals surface area contributed by atoms with Crippen LogP contribution in [-0.2, 0) is 0 Å². The van der Waals surface area contributed by atoms with Gasteiger partial charge in [-0.3, -0.25) is 9.98 Å². The first-order valence-corrected chi connectivity index (χ1v) is 16.8. The zero-order valence-electron chi connectivity index (χ0n) is 26.4. The molecule has 228 valence electrons. The lowest BCUT2D eigenvalue weighted by Gasteiger charge is -2.25. The predicted molar refractivity (Wildman–Crippen MR) is 201 cm³/mol. The number of fused-ring (bicyclic) bond motifs is 8. The molecule has 3 aromatic heterocycles. The van der Waals surface area contributed by atoms with Gasteiger partial charge in [-0.25, -0.2) is 0 Å². The van der Waals surface area contributed by atoms with E-state index in [1.54, 1.807) is 0 Å². The van der Waals surface area contributed by atoms with Gasteiger partial charge < -0.3 is 9.13 Å². The molecule has 4 heteroatoms. The highest BCUT2D eigenvalue weighted by molar-refractivity contribution is 6.27. The number of hydrogen-bond acceptors (Lipinski definition) is 2. The third-order valence-corrected chi connectivity index (χ3v) is 10.1. The monoisotopic (exact) mass is 616 g/mol. The molecule has 0 amide bonds. The van der Waals surface area contributed by atoms with Crippen molar-refractivity contribution in [3.63, 3.8) is 0 Å². The summed E-state index contributed by atoms with van der Waals surface area (Å²) in [7, 11) is 0. The lowest BCUT2D eigenvalue weighted by molar-refractivity contribution is 0.730. The lowest BCUT2D eigenvalue weighted by atomic mass is 9.94. The number of hydrogen-bond donors (Lipinski definition) is 0. The van der Waals surface area contributed by atoms with Crippen molar-refractivity contribution in [1.82, 2.24) is 14.1 Å². The summed E-state index contributed by atoms with van der Waals surface area (Å²) in [6.07, 6.45) is 14.1. The molecule has 4 nitrogen and oxygen atoms in total. The van der Waals surface area contributed by atoms with Gasteiger partial charge in [-0.2, -0.15) is 0 Å². The average molecular weight is 617 g/mol. The zero-order chi connectivity index (χ0) is 31.6. The van der Waals surface area contributed by atoms with E-state index in [2.05, 4.69) is 155 Å². The molecule has 0 spiro atoms. The molecule has 4 heterocycles. The first kappa shape index (κ1) is 27.1. The maximum Gasteiger partial charge on any atom is 0.0811 e. The molecule has 1 unspecified atom stereocenters. The van der Waals surface area contributed by atoms with Crippen molar-refractivity contribution in [3.8, 4) is 5.69 Å². The summed E-state index contributed by atoms with van der Waals surface area (Å²) in [5.41, 5.74) is 11.8. The normalized spacial score (nSPS) is 16.6. The van der Waals surface area contributed by atoms with Crippen LogP contribution in [0.15, 0.2) is 162 Å². The second-order valence-corrected chi connectivity index (χ2v) is 12.8. The van der Waals surface area contributed by atoms with Gasteiger partial charge in [-0.15, -0.1) is 0 Å². The van der Waals surface area contributed by atoms with Gasteiger partial charge in [0, 0.05) is 45.2 Å². The predicted octanol–water partition coefficient (Wildman–Crippen LogP) is 11.1. The van der Waals surface area contributed by atoms with E-state index in [1.807, 2.05) is 6.20 Å². The van der Waals surface area contributed by atoms with E-state index in [0.717, 1.165) is 41.6 Å². The number of pyridine rings is 1. The second-order valence-electron chi connectivity index (χ2n) is 12.8. The minimum Gasteiger partial charge on any atom is -0.312 e. The number of aromatic nitrogens is 3. The van der Waals surface area contributed by atoms with Gasteiger partial charge >= 0.3 is 0 Å². The second kappa shape index (κ2) is 10.8. The highest BCUT2D eigenvalue weighted by Gasteiger charge is 2.26. The molecular formula is C44H32N4. The lowest BCUT2D eigenvalue weighted by Crippen LogP contribution is -2.14. The van der Waals surface area contributed by atoms with Gasteiger partial charge in [0.05, 0.1) is 45.0 Å². The van der Waals surface area contributed by atoms with Gasteiger partial charge in [0.15, 0.2) is 0 Å². The third kappa shape index (κ3) is 4.09. The topological polar surface area (TPSA) is 35.1 Å². The van der Waals surface area contributed by atoms with E-state index < -0.39 is 0 Å². The van der Waals surface area contributed by atoms with Crippen molar-refractivity contribution >= 4 is 65.9 Å². The summed E-state index contributed by atoms with van der Waals surface area (Å²) in [6, 6.07) is 43.8. The van der Waals surface area contributed by atoms with Crippen LogP contribution in [0.2, 0.25) is 0 Å². The number of nitrogens with zero attached hydrogens (tertiary/aromatic N) is 4. The van der Waals surface area contributed by atoms with E-state index in [4.69, 9.17) is 9.98 Å². The summed E-state index contributed by atoms with van der Waals surface area (Å²) in [4.78, 5) is 10.1. The summed E-state index contributed by atoms with van der Waals surface area (Å²) >= 11 is 0. The first-order valence-electron chi connectivity index (χ1n) is 16.8. The van der Waals surface area contributed by atoms with Crippen LogP contribution in [0.1, 0.15) is 30.9 Å². The minimum absolute atomic E-state index is 0.0253. The molecule has 0 saturated carbocycles. The molecule has 2 aliphatic rings. The molecule has 0 bridgehead atoms. The Morgan fingerprint density at radius 1 is 0.604 bits per heavy atom. The fourth-order valence-electron chi connectivity index (χ4n) is 7.99. The Balaban J connectivity index is 1.31. The number of benzene rings is 5. The molecule has 0 radical (unpaired) electrons. The Hall–Kier alpha value is -6.00.